The normalized spacial score (nSPS) is 16.8. The Labute approximate surface area is 137 Å². The molecule has 3 rings (SSSR count). The lowest BCUT2D eigenvalue weighted by Crippen LogP contribution is -2.21. The first-order chi connectivity index (χ1) is 10.7. The van der Waals surface area contributed by atoms with E-state index in [1.807, 2.05) is 36.4 Å². The van der Waals surface area contributed by atoms with Crippen molar-refractivity contribution < 1.29 is 5.11 Å². The second kappa shape index (κ2) is 7.28. The van der Waals surface area contributed by atoms with Crippen LogP contribution in [0, 0.1) is 0 Å². The Kier molecular flexibility index (Phi) is 5.14. The van der Waals surface area contributed by atoms with Gasteiger partial charge in [0.15, 0.2) is 0 Å². The van der Waals surface area contributed by atoms with Crippen LogP contribution in [-0.4, -0.2) is 29.6 Å². The van der Waals surface area contributed by atoms with E-state index in [2.05, 4.69) is 17.0 Å². The maximum atomic E-state index is 10.4. The third-order valence-electron chi connectivity index (χ3n) is 4.40. The molecule has 0 amide bonds. The summed E-state index contributed by atoms with van der Waals surface area (Å²) in [5.41, 5.74) is 3.13. The highest BCUT2D eigenvalue weighted by Gasteiger charge is 2.12. The number of aliphatic hydroxyl groups is 1. The van der Waals surface area contributed by atoms with Gasteiger partial charge in [-0.2, -0.15) is 0 Å². The van der Waals surface area contributed by atoms with E-state index in [0.717, 1.165) is 24.1 Å². The van der Waals surface area contributed by atoms with Gasteiger partial charge in [0.25, 0.3) is 0 Å². The number of halogens is 1. The summed E-state index contributed by atoms with van der Waals surface area (Å²) in [7, 11) is 0. The molecule has 116 valence electrons. The van der Waals surface area contributed by atoms with Gasteiger partial charge < -0.3 is 10.0 Å². The van der Waals surface area contributed by atoms with Crippen LogP contribution >= 0.6 is 11.6 Å². The van der Waals surface area contributed by atoms with E-state index in [1.54, 1.807) is 0 Å². The molecule has 0 spiro atoms. The van der Waals surface area contributed by atoms with Crippen molar-refractivity contribution in [2.75, 3.05) is 19.6 Å². The summed E-state index contributed by atoms with van der Waals surface area (Å²) in [6.07, 6.45) is 3.17. The number of aliphatic hydroxyl groups excluding tert-OH is 1. The fourth-order valence-corrected chi connectivity index (χ4v) is 3.12. The van der Waals surface area contributed by atoms with Crippen LogP contribution in [0.15, 0.2) is 48.5 Å². The molecule has 0 radical (unpaired) electrons. The summed E-state index contributed by atoms with van der Waals surface area (Å²) in [5.74, 6) is 0. The molecule has 2 nitrogen and oxygen atoms in total. The van der Waals surface area contributed by atoms with Gasteiger partial charge in [-0.25, -0.2) is 0 Å². The van der Waals surface area contributed by atoms with Gasteiger partial charge in [0.1, 0.15) is 6.10 Å². The molecule has 1 aliphatic heterocycles. The molecule has 0 aromatic heterocycles. The Balaban J connectivity index is 1.61. The van der Waals surface area contributed by atoms with Crippen molar-refractivity contribution in [3.8, 4) is 0 Å². The van der Waals surface area contributed by atoms with Crippen LogP contribution in [-0.2, 0) is 6.42 Å². The second-order valence-electron chi connectivity index (χ2n) is 5.99. The summed E-state index contributed by atoms with van der Waals surface area (Å²) in [6.45, 7) is 3.62. The van der Waals surface area contributed by atoms with Crippen molar-refractivity contribution in [2.24, 2.45) is 0 Å². The SMILES string of the molecule is OC(c1ccc(Cl)cc1)c1ccc(CCN2CCCC2)cc1. The molecule has 1 fully saturated rings. The van der Waals surface area contributed by atoms with Gasteiger partial charge in [0.05, 0.1) is 0 Å². The lowest BCUT2D eigenvalue weighted by atomic mass is 10.00. The van der Waals surface area contributed by atoms with Crippen LogP contribution in [0.4, 0.5) is 0 Å². The van der Waals surface area contributed by atoms with E-state index in [1.165, 1.54) is 31.5 Å². The molecule has 0 aliphatic carbocycles. The summed E-state index contributed by atoms with van der Waals surface area (Å²) in [6, 6.07) is 15.7. The summed E-state index contributed by atoms with van der Waals surface area (Å²) >= 11 is 5.89. The van der Waals surface area contributed by atoms with E-state index >= 15 is 0 Å². The molecule has 1 heterocycles. The number of hydrogen-bond donors (Lipinski definition) is 1. The van der Waals surface area contributed by atoms with E-state index in [9.17, 15) is 5.11 Å². The zero-order chi connectivity index (χ0) is 15.4. The van der Waals surface area contributed by atoms with E-state index < -0.39 is 6.10 Å². The quantitative estimate of drug-likeness (QED) is 0.899. The van der Waals surface area contributed by atoms with Gasteiger partial charge in [0.2, 0.25) is 0 Å². The maximum absolute atomic E-state index is 10.4. The first kappa shape index (κ1) is 15.5. The molecule has 1 N–H and O–H groups in total. The van der Waals surface area contributed by atoms with Gasteiger partial charge in [-0.05, 0) is 61.2 Å². The minimum atomic E-state index is -0.593. The van der Waals surface area contributed by atoms with Crippen molar-refractivity contribution in [3.05, 3.63) is 70.2 Å². The lowest BCUT2D eigenvalue weighted by Gasteiger charge is -2.15. The average molecular weight is 316 g/mol. The predicted octanol–water partition coefficient (Wildman–Crippen LogP) is 4.06. The third-order valence-corrected chi connectivity index (χ3v) is 4.65. The molecule has 3 heteroatoms. The predicted molar refractivity (Wildman–Crippen MR) is 91.3 cm³/mol. The summed E-state index contributed by atoms with van der Waals surface area (Å²) in [4.78, 5) is 2.52. The zero-order valence-corrected chi connectivity index (χ0v) is 13.5. The fraction of sp³-hybridized carbons (Fsp3) is 0.368. The van der Waals surface area contributed by atoms with E-state index in [4.69, 9.17) is 11.6 Å². The number of likely N-dealkylation sites (tertiary alicyclic amines) is 1. The molecular weight excluding hydrogens is 294 g/mol. The van der Waals surface area contributed by atoms with Gasteiger partial charge in [-0.15, -0.1) is 0 Å². The summed E-state index contributed by atoms with van der Waals surface area (Å²) in [5, 5.41) is 11.1. The first-order valence-corrected chi connectivity index (χ1v) is 8.35. The molecule has 1 aliphatic rings. The molecule has 1 saturated heterocycles. The largest absolute Gasteiger partial charge is 0.384 e. The average Bonchev–Trinajstić information content (AvgIpc) is 3.07. The molecule has 1 unspecified atom stereocenters. The van der Waals surface area contributed by atoms with Crippen molar-refractivity contribution in [3.63, 3.8) is 0 Å². The molecule has 2 aromatic carbocycles. The Morgan fingerprint density at radius 1 is 0.909 bits per heavy atom. The molecule has 22 heavy (non-hydrogen) atoms. The smallest absolute Gasteiger partial charge is 0.104 e. The van der Waals surface area contributed by atoms with Crippen LogP contribution in [0.1, 0.15) is 35.6 Å². The fourth-order valence-electron chi connectivity index (χ4n) is 3.00. The summed E-state index contributed by atoms with van der Waals surface area (Å²) < 4.78 is 0. The number of benzene rings is 2. The van der Waals surface area contributed by atoms with Crippen LogP contribution in [0.3, 0.4) is 0 Å². The Morgan fingerprint density at radius 3 is 2.05 bits per heavy atom. The molecule has 0 saturated carbocycles. The Hall–Kier alpha value is -1.35. The highest BCUT2D eigenvalue weighted by atomic mass is 35.5. The third kappa shape index (κ3) is 3.89. The Morgan fingerprint density at radius 2 is 1.45 bits per heavy atom. The minimum absolute atomic E-state index is 0.593. The molecular formula is C19H22ClNO. The zero-order valence-electron chi connectivity index (χ0n) is 12.7. The standard InChI is InChI=1S/C19H22ClNO/c20-18-9-7-17(8-10-18)19(22)16-5-3-15(4-6-16)11-14-21-12-1-2-13-21/h3-10,19,22H,1-2,11-14H2. The van der Waals surface area contributed by atoms with E-state index in [0.29, 0.717) is 5.02 Å². The molecule has 1 atom stereocenters. The van der Waals surface area contributed by atoms with Gasteiger partial charge in [-0.3, -0.25) is 0 Å². The van der Waals surface area contributed by atoms with Gasteiger partial charge in [0, 0.05) is 11.6 Å². The topological polar surface area (TPSA) is 23.5 Å². The minimum Gasteiger partial charge on any atom is -0.384 e. The van der Waals surface area contributed by atoms with Crippen LogP contribution in [0.5, 0.6) is 0 Å². The van der Waals surface area contributed by atoms with Gasteiger partial charge in [-0.1, -0.05) is 48.0 Å². The number of nitrogens with zero attached hydrogens (tertiary/aromatic N) is 1. The lowest BCUT2D eigenvalue weighted by molar-refractivity contribution is 0.220. The van der Waals surface area contributed by atoms with E-state index in [-0.39, 0.29) is 0 Å². The first-order valence-electron chi connectivity index (χ1n) is 7.97. The van der Waals surface area contributed by atoms with Gasteiger partial charge >= 0.3 is 0 Å². The second-order valence-corrected chi connectivity index (χ2v) is 6.43. The molecule has 0 bridgehead atoms. The maximum Gasteiger partial charge on any atom is 0.104 e. The van der Waals surface area contributed by atoms with Crippen molar-refractivity contribution in [1.29, 1.82) is 0 Å². The van der Waals surface area contributed by atoms with Crippen molar-refractivity contribution in [2.45, 2.75) is 25.4 Å². The van der Waals surface area contributed by atoms with Crippen LogP contribution in [0.2, 0.25) is 5.02 Å². The Bertz CT molecular complexity index is 588. The number of hydrogen-bond acceptors (Lipinski definition) is 2. The highest BCUT2D eigenvalue weighted by Crippen LogP contribution is 2.23. The monoisotopic (exact) mass is 315 g/mol. The highest BCUT2D eigenvalue weighted by molar-refractivity contribution is 6.30. The van der Waals surface area contributed by atoms with Crippen molar-refractivity contribution >= 4 is 11.6 Å². The van der Waals surface area contributed by atoms with Crippen LogP contribution in [0.25, 0.3) is 0 Å². The molecule has 2 aromatic rings. The van der Waals surface area contributed by atoms with Crippen LogP contribution < -0.4 is 0 Å². The number of rotatable bonds is 5. The van der Waals surface area contributed by atoms with Crippen molar-refractivity contribution in [1.82, 2.24) is 4.90 Å².